The lowest BCUT2D eigenvalue weighted by molar-refractivity contribution is -0.147. The molecule has 3 rings (SSSR count). The Kier molecular flexibility index (Phi) is 5.49. The average Bonchev–Trinajstić information content (AvgIpc) is 3.13. The minimum absolute atomic E-state index is 0.0598. The van der Waals surface area contributed by atoms with Crippen molar-refractivity contribution in [3.8, 4) is 11.1 Å². The summed E-state index contributed by atoms with van der Waals surface area (Å²) in [4.78, 5) is 12.5. The molecule has 0 amide bonds. The Morgan fingerprint density at radius 1 is 1.08 bits per heavy atom. The minimum atomic E-state index is -0.127. The Morgan fingerprint density at radius 3 is 2.44 bits per heavy atom. The number of carbonyl (C=O) groups is 1. The highest BCUT2D eigenvalue weighted by Gasteiger charge is 2.61. The number of benzene rings is 2. The Labute approximate surface area is 165 Å². The van der Waals surface area contributed by atoms with Crippen molar-refractivity contribution in [1.82, 2.24) is 0 Å². The molecule has 2 aromatic rings. The highest BCUT2D eigenvalue weighted by atomic mass is 79.9. The van der Waals surface area contributed by atoms with Gasteiger partial charge < -0.3 is 4.74 Å². The quantitative estimate of drug-likeness (QED) is 0.486. The summed E-state index contributed by atoms with van der Waals surface area (Å²) in [6, 6.07) is 18.3. The van der Waals surface area contributed by atoms with Crippen molar-refractivity contribution in [2.75, 3.05) is 0 Å². The molecule has 1 saturated carbocycles. The van der Waals surface area contributed by atoms with Crippen LogP contribution in [0.3, 0.4) is 0 Å². The largest absolute Gasteiger partial charge is 0.461 e. The van der Waals surface area contributed by atoms with E-state index in [9.17, 15) is 4.79 Å². The standard InChI is InChI=1S/C21H20Br2O2/c1-21(2)17(12-18(22)23)19(21)20(24)25-13-14-7-6-10-16(11-14)15-8-4-3-5-9-15/h3-12,17,19H,13H2,1-2H3/t17-,19+/m1/s1. The Balaban J connectivity index is 1.65. The molecule has 130 valence electrons. The van der Waals surface area contributed by atoms with E-state index in [0.717, 1.165) is 20.1 Å². The van der Waals surface area contributed by atoms with Gasteiger partial charge in [0.15, 0.2) is 0 Å². The average molecular weight is 464 g/mol. The zero-order chi connectivity index (χ0) is 18.0. The van der Waals surface area contributed by atoms with Gasteiger partial charge in [0.2, 0.25) is 0 Å². The maximum absolute atomic E-state index is 12.5. The van der Waals surface area contributed by atoms with E-state index in [1.54, 1.807) is 0 Å². The molecule has 4 heteroatoms. The molecule has 0 spiro atoms. The van der Waals surface area contributed by atoms with E-state index in [-0.39, 0.29) is 23.2 Å². The van der Waals surface area contributed by atoms with Gasteiger partial charge in [0, 0.05) is 0 Å². The van der Waals surface area contributed by atoms with Crippen molar-refractivity contribution in [2.45, 2.75) is 20.5 Å². The highest BCUT2D eigenvalue weighted by molar-refractivity contribution is 9.28. The van der Waals surface area contributed by atoms with Crippen molar-refractivity contribution in [1.29, 1.82) is 0 Å². The van der Waals surface area contributed by atoms with Crippen molar-refractivity contribution in [2.24, 2.45) is 17.3 Å². The van der Waals surface area contributed by atoms with Crippen LogP contribution in [0.25, 0.3) is 11.1 Å². The van der Waals surface area contributed by atoms with Gasteiger partial charge in [-0.3, -0.25) is 4.79 Å². The Bertz CT molecular complexity index is 793. The first kappa shape index (κ1) is 18.4. The Morgan fingerprint density at radius 2 is 1.76 bits per heavy atom. The van der Waals surface area contributed by atoms with Crippen LogP contribution in [0.15, 0.2) is 64.1 Å². The molecule has 0 unspecified atom stereocenters. The van der Waals surface area contributed by atoms with Gasteiger partial charge in [-0.05, 0) is 65.9 Å². The predicted molar refractivity (Wildman–Crippen MR) is 108 cm³/mol. The van der Waals surface area contributed by atoms with Crippen LogP contribution in [0.5, 0.6) is 0 Å². The smallest absolute Gasteiger partial charge is 0.310 e. The lowest BCUT2D eigenvalue weighted by Gasteiger charge is -2.08. The molecule has 1 fully saturated rings. The number of carbonyl (C=O) groups excluding carboxylic acids is 1. The van der Waals surface area contributed by atoms with Gasteiger partial charge in [-0.15, -0.1) is 0 Å². The van der Waals surface area contributed by atoms with E-state index in [0.29, 0.717) is 6.61 Å². The van der Waals surface area contributed by atoms with Crippen LogP contribution in [0, 0.1) is 17.3 Å². The number of ether oxygens (including phenoxy) is 1. The number of allylic oxidation sites excluding steroid dienone is 1. The molecule has 0 aliphatic heterocycles. The molecule has 0 saturated heterocycles. The third kappa shape index (κ3) is 4.24. The summed E-state index contributed by atoms with van der Waals surface area (Å²) in [6.45, 7) is 4.50. The van der Waals surface area contributed by atoms with Gasteiger partial charge in [-0.25, -0.2) is 0 Å². The molecule has 25 heavy (non-hydrogen) atoms. The van der Waals surface area contributed by atoms with E-state index >= 15 is 0 Å². The number of hydrogen-bond acceptors (Lipinski definition) is 2. The summed E-state index contributed by atoms with van der Waals surface area (Å²) >= 11 is 6.75. The zero-order valence-corrected chi connectivity index (χ0v) is 17.4. The molecule has 0 radical (unpaired) electrons. The summed E-state index contributed by atoms with van der Waals surface area (Å²) in [5.41, 5.74) is 3.23. The molecule has 2 atom stereocenters. The normalized spacial score (nSPS) is 20.6. The number of halogens is 2. The van der Waals surface area contributed by atoms with Crippen LogP contribution in [-0.2, 0) is 16.1 Å². The Hall–Kier alpha value is -1.39. The van der Waals surface area contributed by atoms with Crippen molar-refractivity contribution < 1.29 is 9.53 Å². The number of hydrogen-bond donors (Lipinski definition) is 0. The van der Waals surface area contributed by atoms with Gasteiger partial charge in [0.05, 0.1) is 9.31 Å². The molecule has 0 bridgehead atoms. The lowest BCUT2D eigenvalue weighted by atomic mass is 10.0. The lowest BCUT2D eigenvalue weighted by Crippen LogP contribution is -2.10. The number of rotatable bonds is 5. The second kappa shape index (κ2) is 7.46. The van der Waals surface area contributed by atoms with Crippen molar-refractivity contribution >= 4 is 37.8 Å². The molecule has 0 heterocycles. The van der Waals surface area contributed by atoms with Crippen LogP contribution in [0.2, 0.25) is 0 Å². The van der Waals surface area contributed by atoms with Crippen LogP contribution in [-0.4, -0.2) is 5.97 Å². The van der Waals surface area contributed by atoms with Crippen LogP contribution >= 0.6 is 31.9 Å². The molecule has 1 aliphatic carbocycles. The van der Waals surface area contributed by atoms with Gasteiger partial charge in [-0.1, -0.05) is 68.5 Å². The third-order valence-corrected chi connectivity index (χ3v) is 5.41. The van der Waals surface area contributed by atoms with E-state index < -0.39 is 0 Å². The van der Waals surface area contributed by atoms with E-state index in [4.69, 9.17) is 4.74 Å². The molecule has 1 aliphatic rings. The molecule has 0 N–H and O–H groups in total. The first-order valence-corrected chi connectivity index (χ1v) is 9.82. The highest BCUT2D eigenvalue weighted by Crippen LogP contribution is 2.60. The van der Waals surface area contributed by atoms with Gasteiger partial charge in [0.1, 0.15) is 6.61 Å². The monoisotopic (exact) mass is 462 g/mol. The SMILES string of the molecule is CC1(C)[C@H](C=C(Br)Br)[C@H]1C(=O)OCc1cccc(-c2ccccc2)c1. The molecule has 2 aromatic carbocycles. The number of esters is 1. The summed E-state index contributed by atoms with van der Waals surface area (Å²) < 4.78 is 6.47. The van der Waals surface area contributed by atoms with Gasteiger partial charge in [-0.2, -0.15) is 0 Å². The molecular weight excluding hydrogens is 444 g/mol. The van der Waals surface area contributed by atoms with Crippen LogP contribution in [0.4, 0.5) is 0 Å². The maximum atomic E-state index is 12.5. The van der Waals surface area contributed by atoms with Crippen LogP contribution < -0.4 is 0 Å². The van der Waals surface area contributed by atoms with Crippen molar-refractivity contribution in [3.05, 3.63) is 69.6 Å². The second-order valence-corrected chi connectivity index (χ2v) is 9.73. The summed E-state index contributed by atoms with van der Waals surface area (Å²) in [5, 5.41) is 0. The van der Waals surface area contributed by atoms with Gasteiger partial charge in [0.25, 0.3) is 0 Å². The first-order valence-electron chi connectivity index (χ1n) is 8.23. The van der Waals surface area contributed by atoms with Crippen molar-refractivity contribution in [3.63, 3.8) is 0 Å². The van der Waals surface area contributed by atoms with Crippen LogP contribution in [0.1, 0.15) is 19.4 Å². The zero-order valence-electron chi connectivity index (χ0n) is 14.2. The minimum Gasteiger partial charge on any atom is -0.461 e. The molecule has 0 aromatic heterocycles. The first-order chi connectivity index (χ1) is 11.9. The molecule has 2 nitrogen and oxygen atoms in total. The van der Waals surface area contributed by atoms with Gasteiger partial charge >= 0.3 is 5.97 Å². The molecular formula is C21H20Br2O2. The van der Waals surface area contributed by atoms with E-state index in [1.165, 1.54) is 0 Å². The predicted octanol–water partition coefficient (Wildman–Crippen LogP) is 6.30. The summed E-state index contributed by atoms with van der Waals surface area (Å²) in [7, 11) is 0. The van der Waals surface area contributed by atoms with E-state index in [1.807, 2.05) is 36.4 Å². The summed E-state index contributed by atoms with van der Waals surface area (Å²) in [5.74, 6) is -0.0167. The fourth-order valence-corrected chi connectivity index (χ4v) is 3.86. The maximum Gasteiger partial charge on any atom is 0.310 e. The summed E-state index contributed by atoms with van der Waals surface area (Å²) in [6.07, 6.45) is 2.03. The van der Waals surface area contributed by atoms with E-state index in [2.05, 4.69) is 70.0 Å². The fourth-order valence-electron chi connectivity index (χ4n) is 3.29. The third-order valence-electron chi connectivity index (χ3n) is 4.89. The topological polar surface area (TPSA) is 26.3 Å². The second-order valence-electron chi connectivity index (χ2n) is 6.96. The fraction of sp³-hybridized carbons (Fsp3) is 0.286.